The van der Waals surface area contributed by atoms with Gasteiger partial charge < -0.3 is 9.80 Å². The van der Waals surface area contributed by atoms with Crippen LogP contribution in [0.25, 0.3) is 5.69 Å². The van der Waals surface area contributed by atoms with Gasteiger partial charge in [0.05, 0.1) is 18.8 Å². The molecule has 2 saturated heterocycles. The average molecular weight is 534 g/mol. The van der Waals surface area contributed by atoms with Crippen LogP contribution in [0.3, 0.4) is 0 Å². The summed E-state index contributed by atoms with van der Waals surface area (Å²) >= 11 is 6.36. The van der Waals surface area contributed by atoms with Crippen LogP contribution in [0.2, 0.25) is 5.02 Å². The van der Waals surface area contributed by atoms with E-state index >= 15 is 0 Å². The topological polar surface area (TPSA) is 69.5 Å². The van der Waals surface area contributed by atoms with Gasteiger partial charge in [-0.3, -0.25) is 14.4 Å². The number of likely N-dealkylation sites (tertiary alicyclic amines) is 1. The Morgan fingerprint density at radius 3 is 2.49 bits per heavy atom. The van der Waals surface area contributed by atoms with Gasteiger partial charge in [0.25, 0.3) is 0 Å². The molecule has 5 heterocycles. The van der Waals surface area contributed by atoms with Crippen molar-refractivity contribution in [1.82, 2.24) is 34.5 Å². The average Bonchev–Trinajstić information content (AvgIpc) is 3.16. The first-order valence-electron chi connectivity index (χ1n) is 12.3. The maximum Gasteiger partial charge on any atom is 0.401 e. The number of nitrogens with zero attached hydrogens (tertiary/aromatic N) is 9. The van der Waals surface area contributed by atoms with Gasteiger partial charge in [0.1, 0.15) is 11.6 Å². The summed E-state index contributed by atoms with van der Waals surface area (Å²) in [5.41, 5.74) is 1.97. The van der Waals surface area contributed by atoms with Crippen LogP contribution in [0, 0.1) is 6.92 Å². The number of hydrogen-bond donors (Lipinski definition) is 0. The molecule has 13 heteroatoms. The van der Waals surface area contributed by atoms with E-state index in [1.807, 2.05) is 31.2 Å². The molecule has 3 aliphatic rings. The predicted molar refractivity (Wildman–Crippen MR) is 133 cm³/mol. The molecule has 1 aromatic carbocycles. The lowest BCUT2D eigenvalue weighted by molar-refractivity contribution is -0.161. The Bertz CT molecular complexity index is 1280. The van der Waals surface area contributed by atoms with Crippen molar-refractivity contribution in [3.63, 3.8) is 0 Å². The zero-order valence-corrected chi connectivity index (χ0v) is 21.1. The van der Waals surface area contributed by atoms with Gasteiger partial charge >= 0.3 is 6.18 Å². The lowest BCUT2D eigenvalue weighted by Crippen LogP contribution is -2.60. The Labute approximate surface area is 217 Å². The van der Waals surface area contributed by atoms with Crippen LogP contribution >= 0.6 is 11.6 Å². The molecule has 0 amide bonds. The molecule has 0 aliphatic carbocycles. The third kappa shape index (κ3) is 4.97. The van der Waals surface area contributed by atoms with Crippen LogP contribution in [0.4, 0.5) is 24.9 Å². The molecule has 0 saturated carbocycles. The molecule has 3 aliphatic heterocycles. The van der Waals surface area contributed by atoms with Gasteiger partial charge in [-0.1, -0.05) is 11.6 Å². The Balaban J connectivity index is 1.23. The summed E-state index contributed by atoms with van der Waals surface area (Å²) in [7, 11) is 0. The maximum absolute atomic E-state index is 12.8. The number of aryl methyl sites for hydroxylation is 1. The van der Waals surface area contributed by atoms with Gasteiger partial charge in [-0.15, -0.1) is 10.2 Å². The van der Waals surface area contributed by atoms with Gasteiger partial charge in [0, 0.05) is 63.1 Å². The Morgan fingerprint density at radius 2 is 1.76 bits per heavy atom. The molecular weight excluding hydrogens is 507 g/mol. The molecule has 37 heavy (non-hydrogen) atoms. The normalized spacial score (nSPS) is 19.4. The number of fused-ring (bicyclic) bond motifs is 3. The number of hydrogen-bond acceptors (Lipinski definition) is 8. The lowest BCUT2D eigenvalue weighted by atomic mass is 10.1. The predicted octanol–water partition coefficient (Wildman–Crippen LogP) is 2.91. The summed E-state index contributed by atoms with van der Waals surface area (Å²) in [6.07, 6.45) is -2.41. The van der Waals surface area contributed by atoms with Crippen LogP contribution in [0.15, 0.2) is 30.5 Å². The van der Waals surface area contributed by atoms with Crippen molar-refractivity contribution >= 4 is 23.4 Å². The molecule has 2 fully saturated rings. The second kappa shape index (κ2) is 9.41. The molecule has 196 valence electrons. The van der Waals surface area contributed by atoms with Crippen LogP contribution < -0.4 is 9.80 Å². The van der Waals surface area contributed by atoms with Crippen molar-refractivity contribution in [2.24, 2.45) is 0 Å². The SMILES string of the molecule is Cc1nccc(N2CCN(c3nnc4n3-c3ccc(Cl)cc3CN(C3CN(CC(F)(F)F)C3)C4)CC2)n1. The number of benzene rings is 1. The number of anilines is 2. The first-order chi connectivity index (χ1) is 17.7. The highest BCUT2D eigenvalue weighted by Crippen LogP contribution is 2.33. The van der Waals surface area contributed by atoms with Crippen molar-refractivity contribution in [3.05, 3.63) is 52.7 Å². The fourth-order valence-corrected chi connectivity index (χ4v) is 5.58. The summed E-state index contributed by atoms with van der Waals surface area (Å²) in [6, 6.07) is 7.71. The number of piperazine rings is 1. The highest BCUT2D eigenvalue weighted by molar-refractivity contribution is 6.30. The quantitative estimate of drug-likeness (QED) is 0.507. The molecule has 3 aromatic rings. The summed E-state index contributed by atoms with van der Waals surface area (Å²) in [5, 5.41) is 9.74. The maximum atomic E-state index is 12.8. The number of rotatable bonds is 4. The smallest absolute Gasteiger partial charge is 0.353 e. The molecule has 0 radical (unpaired) electrons. The fraction of sp³-hybridized carbons (Fsp3) is 0.500. The molecule has 0 N–H and O–H groups in total. The summed E-state index contributed by atoms with van der Waals surface area (Å²) in [4.78, 5) is 16.8. The molecule has 2 aromatic heterocycles. The van der Waals surface area contributed by atoms with E-state index < -0.39 is 12.7 Å². The van der Waals surface area contributed by atoms with Crippen molar-refractivity contribution in [2.75, 3.05) is 55.6 Å². The molecule has 9 nitrogen and oxygen atoms in total. The number of aromatic nitrogens is 5. The first kappa shape index (κ1) is 24.4. The highest BCUT2D eigenvalue weighted by Gasteiger charge is 2.40. The Hall–Kier alpha value is -2.96. The number of halogens is 4. The van der Waals surface area contributed by atoms with Crippen molar-refractivity contribution in [2.45, 2.75) is 32.2 Å². The van der Waals surface area contributed by atoms with E-state index in [0.29, 0.717) is 31.2 Å². The van der Waals surface area contributed by atoms with Crippen molar-refractivity contribution < 1.29 is 13.2 Å². The van der Waals surface area contributed by atoms with Gasteiger partial charge in [-0.2, -0.15) is 13.2 Å². The van der Waals surface area contributed by atoms with E-state index in [2.05, 4.69) is 39.4 Å². The zero-order chi connectivity index (χ0) is 25.7. The zero-order valence-electron chi connectivity index (χ0n) is 20.4. The van der Waals surface area contributed by atoms with E-state index in [-0.39, 0.29) is 6.04 Å². The van der Waals surface area contributed by atoms with Gasteiger partial charge in [0.15, 0.2) is 5.82 Å². The van der Waals surface area contributed by atoms with Gasteiger partial charge in [-0.25, -0.2) is 9.97 Å². The van der Waals surface area contributed by atoms with E-state index in [4.69, 9.17) is 11.6 Å². The Morgan fingerprint density at radius 1 is 1.00 bits per heavy atom. The molecule has 0 unspecified atom stereocenters. The molecular formula is C24H27ClF3N9. The van der Waals surface area contributed by atoms with Crippen LogP contribution in [-0.2, 0) is 13.1 Å². The Kier molecular flexibility index (Phi) is 6.20. The van der Waals surface area contributed by atoms with E-state index in [1.54, 1.807) is 6.20 Å². The standard InChI is InChI=1S/C24H27ClF3N9/c1-16-29-5-4-21(30-16)34-6-8-35(9-7-34)23-32-31-22-14-36(19-12-33(13-19)15-24(26,27)28)11-17-10-18(25)2-3-20(17)37(22)23/h2-5,10,19H,6-9,11-15H2,1H3. The highest BCUT2D eigenvalue weighted by atomic mass is 35.5. The lowest BCUT2D eigenvalue weighted by Gasteiger charge is -2.45. The minimum Gasteiger partial charge on any atom is -0.353 e. The van der Waals surface area contributed by atoms with E-state index in [0.717, 1.165) is 60.8 Å². The third-order valence-corrected chi connectivity index (χ3v) is 7.45. The summed E-state index contributed by atoms with van der Waals surface area (Å²) in [5.74, 6) is 3.21. The van der Waals surface area contributed by atoms with Crippen LogP contribution in [0.5, 0.6) is 0 Å². The molecule has 0 atom stereocenters. The van der Waals surface area contributed by atoms with E-state index in [1.165, 1.54) is 4.90 Å². The fourth-order valence-electron chi connectivity index (χ4n) is 5.39. The second-order valence-corrected chi connectivity index (χ2v) is 10.3. The number of alkyl halides is 3. The molecule has 6 rings (SSSR count). The minimum atomic E-state index is -4.19. The third-order valence-electron chi connectivity index (χ3n) is 7.22. The largest absolute Gasteiger partial charge is 0.401 e. The van der Waals surface area contributed by atoms with Crippen molar-refractivity contribution in [3.8, 4) is 5.69 Å². The van der Waals surface area contributed by atoms with Crippen LogP contribution in [0.1, 0.15) is 17.2 Å². The van der Waals surface area contributed by atoms with Crippen molar-refractivity contribution in [1.29, 1.82) is 0 Å². The second-order valence-electron chi connectivity index (χ2n) is 9.83. The minimum absolute atomic E-state index is 0.0146. The molecule has 0 spiro atoms. The molecule has 0 bridgehead atoms. The van der Waals surface area contributed by atoms with Gasteiger partial charge in [0.2, 0.25) is 5.95 Å². The first-order valence-corrected chi connectivity index (χ1v) is 12.7. The summed E-state index contributed by atoms with van der Waals surface area (Å²) < 4.78 is 40.5. The monoisotopic (exact) mass is 533 g/mol. The van der Waals surface area contributed by atoms with Gasteiger partial charge in [-0.05, 0) is 36.8 Å². The van der Waals surface area contributed by atoms with Crippen LogP contribution in [-0.4, -0.2) is 92.6 Å². The summed E-state index contributed by atoms with van der Waals surface area (Å²) in [6.45, 7) is 5.93. The van der Waals surface area contributed by atoms with E-state index in [9.17, 15) is 13.2 Å².